The molecule has 0 bridgehead atoms. The molecule has 0 unspecified atom stereocenters. The fourth-order valence-corrected chi connectivity index (χ4v) is 4.91. The Balaban J connectivity index is 0.00000420. The predicted molar refractivity (Wildman–Crippen MR) is 150 cm³/mol. The molecular formula is C27H33Cl3N2O7. The van der Waals surface area contributed by atoms with Gasteiger partial charge in [0.1, 0.15) is 16.5 Å². The first-order chi connectivity index (χ1) is 18.4. The predicted octanol–water partition coefficient (Wildman–Crippen LogP) is 3.96. The molecule has 1 N–H and O–H groups in total. The molecule has 2 aliphatic heterocycles. The number of halogens is 3. The van der Waals surface area contributed by atoms with Crippen molar-refractivity contribution in [1.82, 2.24) is 9.80 Å². The van der Waals surface area contributed by atoms with E-state index in [-0.39, 0.29) is 58.5 Å². The molecule has 0 atom stereocenters. The highest BCUT2D eigenvalue weighted by molar-refractivity contribution is 6.45. The van der Waals surface area contributed by atoms with Crippen LogP contribution in [0.15, 0.2) is 24.3 Å². The Hall–Kier alpha value is -2.11. The molecule has 2 aromatic carbocycles. The number of rotatable bonds is 10. The number of carbonyl (C=O) groups is 2. The van der Waals surface area contributed by atoms with Crippen LogP contribution in [-0.4, -0.2) is 92.5 Å². The van der Waals surface area contributed by atoms with Gasteiger partial charge in [-0.2, -0.15) is 0 Å². The highest BCUT2D eigenvalue weighted by atomic mass is 35.5. The molecule has 0 spiro atoms. The Labute approximate surface area is 244 Å². The van der Waals surface area contributed by atoms with E-state index in [1.807, 2.05) is 0 Å². The Kier molecular flexibility index (Phi) is 12.1. The minimum absolute atomic E-state index is 0. The fraction of sp³-hybridized carbons (Fsp3) is 0.481. The van der Waals surface area contributed by atoms with Gasteiger partial charge >= 0.3 is 5.97 Å². The van der Waals surface area contributed by atoms with Gasteiger partial charge in [0.25, 0.3) is 0 Å². The maximum Gasteiger partial charge on any atom is 0.344 e. The zero-order valence-electron chi connectivity index (χ0n) is 21.7. The van der Waals surface area contributed by atoms with E-state index in [0.29, 0.717) is 56.2 Å². The van der Waals surface area contributed by atoms with Crippen LogP contribution in [0.4, 0.5) is 0 Å². The molecule has 2 heterocycles. The Morgan fingerprint density at radius 1 is 0.923 bits per heavy atom. The van der Waals surface area contributed by atoms with E-state index in [2.05, 4.69) is 9.80 Å². The second-order valence-electron chi connectivity index (χ2n) is 9.08. The molecule has 2 aliphatic rings. The summed E-state index contributed by atoms with van der Waals surface area (Å²) in [5, 5.41) is 11.2. The molecule has 214 valence electrons. The van der Waals surface area contributed by atoms with Crippen LogP contribution in [-0.2, 0) is 32.1 Å². The zero-order chi connectivity index (χ0) is 27.1. The first-order valence-corrected chi connectivity index (χ1v) is 13.4. The average molecular weight is 604 g/mol. The lowest BCUT2D eigenvalue weighted by molar-refractivity contribution is -0.145. The maximum atomic E-state index is 13.7. The molecular weight excluding hydrogens is 571 g/mol. The summed E-state index contributed by atoms with van der Waals surface area (Å²) in [5.41, 5.74) is 1.92. The largest absolute Gasteiger partial charge is 0.507 e. The third kappa shape index (κ3) is 8.20. The van der Waals surface area contributed by atoms with Crippen molar-refractivity contribution in [2.45, 2.75) is 20.0 Å². The quantitative estimate of drug-likeness (QED) is 0.320. The molecule has 2 saturated heterocycles. The van der Waals surface area contributed by atoms with Gasteiger partial charge in [0.2, 0.25) is 0 Å². The van der Waals surface area contributed by atoms with E-state index in [0.717, 1.165) is 26.2 Å². The number of hydrogen-bond acceptors (Lipinski definition) is 9. The first kappa shape index (κ1) is 31.4. The van der Waals surface area contributed by atoms with E-state index in [1.54, 1.807) is 19.1 Å². The van der Waals surface area contributed by atoms with Crippen molar-refractivity contribution in [1.29, 1.82) is 0 Å². The summed E-state index contributed by atoms with van der Waals surface area (Å²) in [5.74, 6) is -0.510. The summed E-state index contributed by atoms with van der Waals surface area (Å²) in [4.78, 5) is 29.7. The number of ketones is 1. The van der Waals surface area contributed by atoms with Crippen LogP contribution in [0.25, 0.3) is 0 Å². The Morgan fingerprint density at radius 2 is 1.46 bits per heavy atom. The summed E-state index contributed by atoms with van der Waals surface area (Å²) in [7, 11) is 0. The number of benzene rings is 2. The number of carbonyl (C=O) groups excluding carboxylic acids is 2. The lowest BCUT2D eigenvalue weighted by Gasteiger charge is -2.29. The van der Waals surface area contributed by atoms with E-state index >= 15 is 0 Å². The molecule has 39 heavy (non-hydrogen) atoms. The van der Waals surface area contributed by atoms with Gasteiger partial charge < -0.3 is 24.1 Å². The van der Waals surface area contributed by atoms with Crippen molar-refractivity contribution in [3.05, 3.63) is 56.6 Å². The summed E-state index contributed by atoms with van der Waals surface area (Å²) < 4.78 is 21.2. The van der Waals surface area contributed by atoms with Crippen molar-refractivity contribution in [2.24, 2.45) is 0 Å². The second-order valence-corrected chi connectivity index (χ2v) is 9.84. The lowest BCUT2D eigenvalue weighted by Crippen LogP contribution is -2.36. The van der Waals surface area contributed by atoms with Crippen LogP contribution in [0.2, 0.25) is 10.0 Å². The van der Waals surface area contributed by atoms with Gasteiger partial charge in [-0.05, 0) is 31.2 Å². The van der Waals surface area contributed by atoms with Gasteiger partial charge in [0.05, 0.1) is 38.1 Å². The molecule has 0 amide bonds. The van der Waals surface area contributed by atoms with Crippen molar-refractivity contribution in [3.8, 4) is 11.5 Å². The van der Waals surface area contributed by atoms with E-state index in [4.69, 9.17) is 42.1 Å². The minimum Gasteiger partial charge on any atom is -0.507 e. The smallest absolute Gasteiger partial charge is 0.344 e. The molecule has 12 heteroatoms. The molecule has 2 fully saturated rings. The SMILES string of the molecule is CCOC(=O)COc1ccc(C(=O)c2cc(CN3CCOCC3)c(O)c(CN3CCOCC3)c2)c(Cl)c1Cl.Cl. The average Bonchev–Trinajstić information content (AvgIpc) is 2.92. The van der Waals surface area contributed by atoms with Crippen LogP contribution < -0.4 is 4.74 Å². The molecule has 0 saturated carbocycles. The number of esters is 1. The number of phenolic OH excluding ortho intramolecular Hbond substituents is 1. The summed E-state index contributed by atoms with van der Waals surface area (Å²) in [6.07, 6.45) is 0. The monoisotopic (exact) mass is 602 g/mol. The van der Waals surface area contributed by atoms with Crippen molar-refractivity contribution in [3.63, 3.8) is 0 Å². The molecule has 2 aromatic rings. The van der Waals surface area contributed by atoms with Crippen molar-refractivity contribution < 1.29 is 33.6 Å². The van der Waals surface area contributed by atoms with Crippen LogP contribution in [0.1, 0.15) is 34.0 Å². The summed E-state index contributed by atoms with van der Waals surface area (Å²) >= 11 is 12.9. The highest BCUT2D eigenvalue weighted by Gasteiger charge is 2.23. The Bertz CT molecular complexity index is 1110. The van der Waals surface area contributed by atoms with Gasteiger partial charge in [-0.1, -0.05) is 23.2 Å². The topological polar surface area (TPSA) is 97.8 Å². The zero-order valence-corrected chi connectivity index (χ0v) is 24.1. The van der Waals surface area contributed by atoms with E-state index < -0.39 is 5.97 Å². The number of phenols is 1. The van der Waals surface area contributed by atoms with Crippen LogP contribution >= 0.6 is 35.6 Å². The molecule has 0 radical (unpaired) electrons. The van der Waals surface area contributed by atoms with Crippen molar-refractivity contribution in [2.75, 3.05) is 65.8 Å². The van der Waals surface area contributed by atoms with Gasteiger partial charge in [-0.3, -0.25) is 14.6 Å². The lowest BCUT2D eigenvalue weighted by atomic mass is 9.96. The maximum absolute atomic E-state index is 13.7. The molecule has 4 rings (SSSR count). The number of ether oxygens (including phenoxy) is 4. The normalized spacial score (nSPS) is 16.4. The standard InChI is InChI=1S/C27H32Cl2N2O7.ClH/c1-2-37-23(32)17-38-22-4-3-21(24(28)25(22)29)27(34)18-13-19(15-30-5-9-35-10-6-30)26(33)20(14-18)16-31-7-11-36-12-8-31;/h3-4,13-14,33H,2,5-12,15-17H2,1H3;1H. The van der Waals surface area contributed by atoms with Crippen LogP contribution in [0.3, 0.4) is 0 Å². The molecule has 0 aromatic heterocycles. The highest BCUT2D eigenvalue weighted by Crippen LogP contribution is 2.37. The van der Waals surface area contributed by atoms with Crippen LogP contribution in [0, 0.1) is 0 Å². The molecule has 0 aliphatic carbocycles. The fourth-order valence-electron chi connectivity index (χ4n) is 4.45. The first-order valence-electron chi connectivity index (χ1n) is 12.6. The van der Waals surface area contributed by atoms with Gasteiger partial charge in [0, 0.05) is 61.5 Å². The van der Waals surface area contributed by atoms with Crippen molar-refractivity contribution >= 4 is 47.4 Å². The number of morpholine rings is 2. The van der Waals surface area contributed by atoms with E-state index in [9.17, 15) is 14.7 Å². The number of hydrogen-bond donors (Lipinski definition) is 1. The summed E-state index contributed by atoms with van der Waals surface area (Å²) in [6, 6.07) is 6.45. The number of nitrogens with zero attached hydrogens (tertiary/aromatic N) is 2. The van der Waals surface area contributed by atoms with Crippen LogP contribution in [0.5, 0.6) is 11.5 Å². The van der Waals surface area contributed by atoms with E-state index in [1.165, 1.54) is 12.1 Å². The summed E-state index contributed by atoms with van der Waals surface area (Å²) in [6.45, 7) is 8.04. The molecule has 9 nitrogen and oxygen atoms in total. The number of aromatic hydroxyl groups is 1. The van der Waals surface area contributed by atoms with Gasteiger partial charge in [-0.25, -0.2) is 4.79 Å². The third-order valence-corrected chi connectivity index (χ3v) is 7.33. The van der Waals surface area contributed by atoms with Gasteiger partial charge in [-0.15, -0.1) is 12.4 Å². The second kappa shape index (κ2) is 15.0. The third-order valence-electron chi connectivity index (χ3n) is 6.47. The van der Waals surface area contributed by atoms with Gasteiger partial charge in [0.15, 0.2) is 12.4 Å². The Morgan fingerprint density at radius 3 is 1.97 bits per heavy atom. The minimum atomic E-state index is -0.537.